The normalized spacial score (nSPS) is 10.6. The molecule has 0 amide bonds. The van der Waals surface area contributed by atoms with Crippen molar-refractivity contribution in [3.8, 4) is 0 Å². The van der Waals surface area contributed by atoms with Crippen molar-refractivity contribution in [3.05, 3.63) is 46.7 Å². The smallest absolute Gasteiger partial charge is 0.423 e. The average Bonchev–Trinajstić information content (AvgIpc) is 2.61. The van der Waals surface area contributed by atoms with Crippen molar-refractivity contribution in [1.82, 2.24) is 9.78 Å². The summed E-state index contributed by atoms with van der Waals surface area (Å²) in [6, 6.07) is 7.09. The van der Waals surface area contributed by atoms with Crippen LogP contribution in [0.25, 0.3) is 0 Å². The average molecular weight is 250 g/mol. The number of nitrogens with zero attached hydrogens (tertiary/aromatic N) is 2. The SMILES string of the molecule is Cc1c(Cl)cnn1Cc1cccc(B(O)O)c1. The Morgan fingerprint density at radius 1 is 1.41 bits per heavy atom. The fourth-order valence-electron chi connectivity index (χ4n) is 1.61. The third kappa shape index (κ3) is 2.69. The van der Waals surface area contributed by atoms with Crippen LogP contribution in [0.5, 0.6) is 0 Å². The van der Waals surface area contributed by atoms with E-state index in [1.54, 1.807) is 29.1 Å². The summed E-state index contributed by atoms with van der Waals surface area (Å²) in [5.74, 6) is 0. The highest BCUT2D eigenvalue weighted by Gasteiger charge is 2.11. The molecule has 2 aromatic rings. The summed E-state index contributed by atoms with van der Waals surface area (Å²) in [6.45, 7) is 2.44. The lowest BCUT2D eigenvalue weighted by Gasteiger charge is -2.06. The molecule has 1 aromatic carbocycles. The van der Waals surface area contributed by atoms with Gasteiger partial charge in [0.1, 0.15) is 0 Å². The monoisotopic (exact) mass is 250 g/mol. The predicted octanol–water partition coefficient (Wildman–Crippen LogP) is 0.573. The van der Waals surface area contributed by atoms with Crippen LogP contribution in [0.15, 0.2) is 30.5 Å². The van der Waals surface area contributed by atoms with Crippen molar-refractivity contribution in [1.29, 1.82) is 0 Å². The van der Waals surface area contributed by atoms with Gasteiger partial charge >= 0.3 is 7.12 Å². The van der Waals surface area contributed by atoms with E-state index < -0.39 is 7.12 Å². The first-order chi connectivity index (χ1) is 8.08. The van der Waals surface area contributed by atoms with Gasteiger partial charge in [0, 0.05) is 0 Å². The zero-order chi connectivity index (χ0) is 12.4. The Morgan fingerprint density at radius 2 is 2.18 bits per heavy atom. The summed E-state index contributed by atoms with van der Waals surface area (Å²) in [4.78, 5) is 0. The van der Waals surface area contributed by atoms with Crippen LogP contribution >= 0.6 is 11.6 Å². The van der Waals surface area contributed by atoms with Gasteiger partial charge in [-0.3, -0.25) is 4.68 Å². The van der Waals surface area contributed by atoms with Crippen molar-refractivity contribution in [2.75, 3.05) is 0 Å². The molecule has 0 unspecified atom stereocenters. The molecule has 0 bridgehead atoms. The maximum Gasteiger partial charge on any atom is 0.488 e. The Kier molecular flexibility index (Phi) is 3.52. The van der Waals surface area contributed by atoms with Gasteiger partial charge in [-0.1, -0.05) is 35.9 Å². The summed E-state index contributed by atoms with van der Waals surface area (Å²) in [5.41, 5.74) is 2.30. The first kappa shape index (κ1) is 12.2. The standard InChI is InChI=1S/C11H12BClN2O2/c1-8-11(13)6-14-15(8)7-9-3-2-4-10(5-9)12(16)17/h2-6,16-17H,7H2,1H3. The van der Waals surface area contributed by atoms with E-state index in [4.69, 9.17) is 21.6 Å². The van der Waals surface area contributed by atoms with E-state index in [1.165, 1.54) is 0 Å². The largest absolute Gasteiger partial charge is 0.488 e. The van der Waals surface area contributed by atoms with Crippen LogP contribution in [0.2, 0.25) is 5.02 Å². The molecular weight excluding hydrogens is 238 g/mol. The van der Waals surface area contributed by atoms with E-state index >= 15 is 0 Å². The second-order valence-corrected chi connectivity index (χ2v) is 4.26. The second-order valence-electron chi connectivity index (χ2n) is 3.85. The minimum Gasteiger partial charge on any atom is -0.423 e. The fourth-order valence-corrected chi connectivity index (χ4v) is 1.75. The highest BCUT2D eigenvalue weighted by Crippen LogP contribution is 2.14. The minimum atomic E-state index is -1.45. The molecule has 0 radical (unpaired) electrons. The highest BCUT2D eigenvalue weighted by molar-refractivity contribution is 6.58. The van der Waals surface area contributed by atoms with E-state index in [2.05, 4.69) is 5.10 Å². The van der Waals surface area contributed by atoms with E-state index in [0.717, 1.165) is 11.3 Å². The van der Waals surface area contributed by atoms with Crippen LogP contribution in [0.3, 0.4) is 0 Å². The molecule has 6 heteroatoms. The Balaban J connectivity index is 2.24. The molecule has 0 saturated heterocycles. The number of halogens is 1. The predicted molar refractivity (Wildman–Crippen MR) is 67.3 cm³/mol. The minimum absolute atomic E-state index is 0.471. The van der Waals surface area contributed by atoms with Gasteiger partial charge in [0.2, 0.25) is 0 Å². The molecule has 1 heterocycles. The number of hydrogen-bond acceptors (Lipinski definition) is 3. The summed E-state index contributed by atoms with van der Waals surface area (Å²) in [5, 5.41) is 22.9. The lowest BCUT2D eigenvalue weighted by Crippen LogP contribution is -2.30. The van der Waals surface area contributed by atoms with Crippen LogP contribution in [-0.2, 0) is 6.54 Å². The fraction of sp³-hybridized carbons (Fsp3) is 0.182. The molecule has 1 aromatic heterocycles. The Morgan fingerprint density at radius 3 is 2.76 bits per heavy atom. The third-order valence-electron chi connectivity index (χ3n) is 2.62. The first-order valence-corrected chi connectivity index (χ1v) is 5.58. The van der Waals surface area contributed by atoms with Crippen LogP contribution in [0.4, 0.5) is 0 Å². The van der Waals surface area contributed by atoms with Gasteiger partial charge in [-0.2, -0.15) is 5.10 Å². The van der Waals surface area contributed by atoms with Gasteiger partial charge in [-0.15, -0.1) is 0 Å². The molecule has 0 atom stereocenters. The van der Waals surface area contributed by atoms with Crippen LogP contribution < -0.4 is 5.46 Å². The molecule has 88 valence electrons. The van der Waals surface area contributed by atoms with E-state index in [-0.39, 0.29) is 0 Å². The molecule has 0 spiro atoms. The number of rotatable bonds is 3. The van der Waals surface area contributed by atoms with Gasteiger partial charge < -0.3 is 10.0 Å². The Bertz CT molecular complexity index is 528. The Labute approximate surface area is 105 Å². The van der Waals surface area contributed by atoms with Crippen molar-refractivity contribution >= 4 is 24.2 Å². The number of benzene rings is 1. The van der Waals surface area contributed by atoms with E-state index in [1.807, 2.05) is 13.0 Å². The van der Waals surface area contributed by atoms with Gasteiger partial charge in [0.05, 0.1) is 23.5 Å². The lowest BCUT2D eigenvalue weighted by molar-refractivity contribution is 0.425. The molecule has 0 saturated carbocycles. The maximum atomic E-state index is 9.08. The summed E-state index contributed by atoms with van der Waals surface area (Å²) in [7, 11) is -1.45. The van der Waals surface area contributed by atoms with Gasteiger partial charge in [-0.25, -0.2) is 0 Å². The molecule has 2 N–H and O–H groups in total. The van der Waals surface area contributed by atoms with Gasteiger partial charge in [0.25, 0.3) is 0 Å². The molecule has 0 aliphatic rings. The van der Waals surface area contributed by atoms with Gasteiger partial charge in [0.15, 0.2) is 0 Å². The number of hydrogen-bond donors (Lipinski definition) is 2. The van der Waals surface area contributed by atoms with Crippen LogP contribution in [0, 0.1) is 6.92 Å². The molecule has 0 fully saturated rings. The lowest BCUT2D eigenvalue weighted by atomic mass is 9.80. The van der Waals surface area contributed by atoms with Crippen molar-refractivity contribution in [3.63, 3.8) is 0 Å². The molecule has 0 aliphatic heterocycles. The quantitative estimate of drug-likeness (QED) is 0.783. The van der Waals surface area contributed by atoms with Crippen molar-refractivity contribution < 1.29 is 10.0 Å². The molecule has 17 heavy (non-hydrogen) atoms. The zero-order valence-electron chi connectivity index (χ0n) is 9.34. The van der Waals surface area contributed by atoms with Crippen molar-refractivity contribution in [2.24, 2.45) is 0 Å². The van der Waals surface area contributed by atoms with Gasteiger partial charge in [-0.05, 0) is 17.9 Å². The second kappa shape index (κ2) is 4.92. The first-order valence-electron chi connectivity index (χ1n) is 5.21. The summed E-state index contributed by atoms with van der Waals surface area (Å²) >= 11 is 5.91. The Hall–Kier alpha value is -1.30. The zero-order valence-corrected chi connectivity index (χ0v) is 10.1. The number of aromatic nitrogens is 2. The highest BCUT2D eigenvalue weighted by atomic mass is 35.5. The maximum absolute atomic E-state index is 9.08. The molecule has 4 nitrogen and oxygen atoms in total. The molecule has 0 aliphatic carbocycles. The van der Waals surface area contributed by atoms with Crippen molar-refractivity contribution in [2.45, 2.75) is 13.5 Å². The van der Waals surface area contributed by atoms with E-state index in [9.17, 15) is 0 Å². The third-order valence-corrected chi connectivity index (χ3v) is 3.00. The summed E-state index contributed by atoms with van der Waals surface area (Å²) in [6.07, 6.45) is 1.60. The molecule has 2 rings (SSSR count). The topological polar surface area (TPSA) is 58.3 Å². The van der Waals surface area contributed by atoms with Crippen LogP contribution in [0.1, 0.15) is 11.3 Å². The van der Waals surface area contributed by atoms with Crippen LogP contribution in [-0.4, -0.2) is 26.9 Å². The summed E-state index contributed by atoms with van der Waals surface area (Å²) < 4.78 is 1.77. The molecular formula is C11H12BClN2O2. The van der Waals surface area contributed by atoms with E-state index in [0.29, 0.717) is 17.0 Å².